The molecule has 0 radical (unpaired) electrons. The van der Waals surface area contributed by atoms with E-state index in [-0.39, 0.29) is 32.8 Å². The lowest BCUT2D eigenvalue weighted by molar-refractivity contribution is -0.154. The van der Waals surface area contributed by atoms with Crippen molar-refractivity contribution >= 4 is 13.8 Å². The van der Waals surface area contributed by atoms with Crippen LogP contribution in [0.15, 0.2) is 60.8 Å². The quantitative estimate of drug-likeness (QED) is 0.0183. The molecule has 0 aromatic carbocycles. The van der Waals surface area contributed by atoms with Gasteiger partial charge in [-0.25, -0.2) is 4.57 Å². The summed E-state index contributed by atoms with van der Waals surface area (Å²) >= 11 is 0. The fourth-order valence-corrected chi connectivity index (χ4v) is 6.23. The molecule has 0 saturated carbocycles. The van der Waals surface area contributed by atoms with Crippen molar-refractivity contribution in [1.29, 1.82) is 0 Å². The van der Waals surface area contributed by atoms with Crippen molar-refractivity contribution in [2.45, 2.75) is 174 Å². The third kappa shape index (κ3) is 39.7. The van der Waals surface area contributed by atoms with Crippen molar-refractivity contribution in [2.24, 2.45) is 5.73 Å². The van der Waals surface area contributed by atoms with E-state index < -0.39 is 26.0 Å². The second-order valence-corrected chi connectivity index (χ2v) is 15.1. The van der Waals surface area contributed by atoms with Crippen LogP contribution in [0.25, 0.3) is 0 Å². The number of allylic oxidation sites excluding steroid dienone is 8. The number of carbonyl (C=O) groups is 1. The van der Waals surface area contributed by atoms with Gasteiger partial charge in [0.05, 0.1) is 25.9 Å². The molecule has 0 heterocycles. The lowest BCUT2D eigenvalue weighted by Crippen LogP contribution is -2.28. The van der Waals surface area contributed by atoms with Crippen molar-refractivity contribution < 1.29 is 37.9 Å². The summed E-state index contributed by atoms with van der Waals surface area (Å²) in [5.74, 6) is -0.412. The first-order valence-corrected chi connectivity index (χ1v) is 22.4. The molecule has 4 N–H and O–H groups in total. The maximum atomic E-state index is 12.5. The van der Waals surface area contributed by atoms with Gasteiger partial charge in [-0.15, -0.1) is 0 Å². The molecule has 3 unspecified atom stereocenters. The van der Waals surface area contributed by atoms with Gasteiger partial charge in [-0.3, -0.25) is 13.8 Å². The van der Waals surface area contributed by atoms with Gasteiger partial charge in [0.25, 0.3) is 0 Å². The summed E-state index contributed by atoms with van der Waals surface area (Å²) in [4.78, 5) is 22.4. The van der Waals surface area contributed by atoms with Crippen LogP contribution in [0.1, 0.15) is 162 Å². The van der Waals surface area contributed by atoms with E-state index in [2.05, 4.69) is 32.1 Å². The smallest absolute Gasteiger partial charge is 0.457 e. The van der Waals surface area contributed by atoms with Crippen LogP contribution in [-0.2, 0) is 27.9 Å². The maximum Gasteiger partial charge on any atom is 0.472 e. The van der Waals surface area contributed by atoms with Crippen LogP contribution >= 0.6 is 7.82 Å². The summed E-state index contributed by atoms with van der Waals surface area (Å²) in [5, 5.41) is 10.0. The van der Waals surface area contributed by atoms with Crippen molar-refractivity contribution in [3.8, 4) is 0 Å². The van der Waals surface area contributed by atoms with Gasteiger partial charge in [-0.2, -0.15) is 0 Å². The van der Waals surface area contributed by atoms with E-state index in [1.54, 1.807) is 6.08 Å². The van der Waals surface area contributed by atoms with Crippen molar-refractivity contribution in [2.75, 3.05) is 33.0 Å². The van der Waals surface area contributed by atoms with Gasteiger partial charge in [0, 0.05) is 19.6 Å². The monoisotopic (exact) mass is 768 g/mol. The Morgan fingerprint density at radius 1 is 0.679 bits per heavy atom. The van der Waals surface area contributed by atoms with Crippen LogP contribution in [0.4, 0.5) is 0 Å². The van der Waals surface area contributed by atoms with Crippen LogP contribution < -0.4 is 5.73 Å². The summed E-state index contributed by atoms with van der Waals surface area (Å²) in [7, 11) is -4.31. The Hall–Kier alpha value is -1.84. The topological polar surface area (TPSA) is 138 Å². The van der Waals surface area contributed by atoms with Crippen LogP contribution in [0.3, 0.4) is 0 Å². The molecule has 308 valence electrons. The number of phosphoric acid groups is 1. The predicted octanol–water partition coefficient (Wildman–Crippen LogP) is 11.2. The Morgan fingerprint density at radius 3 is 1.89 bits per heavy atom. The van der Waals surface area contributed by atoms with Crippen molar-refractivity contribution in [1.82, 2.24) is 0 Å². The van der Waals surface area contributed by atoms with Gasteiger partial charge >= 0.3 is 13.8 Å². The zero-order chi connectivity index (χ0) is 38.9. The van der Waals surface area contributed by atoms with E-state index in [4.69, 9.17) is 24.3 Å². The van der Waals surface area contributed by atoms with E-state index in [0.29, 0.717) is 25.9 Å². The minimum atomic E-state index is -4.31. The van der Waals surface area contributed by atoms with Gasteiger partial charge in [0.1, 0.15) is 6.10 Å². The average Bonchev–Trinajstić information content (AvgIpc) is 3.14. The Balaban J connectivity index is 4.22. The molecule has 0 aromatic rings. The lowest BCUT2D eigenvalue weighted by Gasteiger charge is -2.20. The summed E-state index contributed by atoms with van der Waals surface area (Å²) in [5.41, 5.74) is 5.35. The molecule has 0 saturated heterocycles. The Bertz CT molecular complexity index is 1010. The molecular formula is C43H78NO8P. The van der Waals surface area contributed by atoms with Gasteiger partial charge < -0.3 is 25.2 Å². The molecular weight excluding hydrogens is 689 g/mol. The largest absolute Gasteiger partial charge is 0.472 e. The van der Waals surface area contributed by atoms with E-state index in [1.165, 1.54) is 89.9 Å². The minimum Gasteiger partial charge on any atom is -0.457 e. The fraction of sp³-hybridized carbons (Fsp3) is 0.744. The van der Waals surface area contributed by atoms with Crippen LogP contribution in [0.5, 0.6) is 0 Å². The van der Waals surface area contributed by atoms with E-state index in [9.17, 15) is 19.4 Å². The molecule has 0 fully saturated rings. The van der Waals surface area contributed by atoms with E-state index in [0.717, 1.165) is 32.1 Å². The highest BCUT2D eigenvalue weighted by atomic mass is 31.2. The number of esters is 1. The highest BCUT2D eigenvalue weighted by Crippen LogP contribution is 2.43. The standard InChI is InChI=1S/C43H78NO8P/c1-3-5-7-9-11-12-13-14-15-16-17-18-21-24-28-32-37-49-39-42(40-51-53(47,48)50-38-36-44)52-43(46)35-31-27-23-20-19-22-26-30-34-41(45)33-29-25-10-8-6-4-2/h6,8,20,22-23,25-26,29-30,34,41-42,45H,3-5,7,9-19,21,24,27-28,31-33,35-40,44H2,1-2H3,(H,47,48). The molecule has 0 bridgehead atoms. The number of nitrogens with two attached hydrogens (primary N) is 1. The van der Waals surface area contributed by atoms with Gasteiger partial charge in [-0.1, -0.05) is 171 Å². The van der Waals surface area contributed by atoms with Crippen molar-refractivity contribution in [3.63, 3.8) is 0 Å². The Labute approximate surface area is 324 Å². The number of hydrogen-bond acceptors (Lipinski definition) is 8. The number of phosphoric ester groups is 1. The second-order valence-electron chi connectivity index (χ2n) is 13.7. The maximum absolute atomic E-state index is 12.5. The van der Waals surface area contributed by atoms with Crippen LogP contribution in [0, 0.1) is 0 Å². The molecule has 0 rings (SSSR count). The lowest BCUT2D eigenvalue weighted by atomic mass is 10.0. The average molecular weight is 768 g/mol. The van der Waals surface area contributed by atoms with Gasteiger partial charge in [0.2, 0.25) is 0 Å². The molecule has 9 nitrogen and oxygen atoms in total. The van der Waals surface area contributed by atoms with Crippen LogP contribution in [0.2, 0.25) is 0 Å². The number of unbranched alkanes of at least 4 members (excludes halogenated alkanes) is 16. The number of ether oxygens (including phenoxy) is 2. The first-order valence-electron chi connectivity index (χ1n) is 20.9. The molecule has 0 aliphatic rings. The second kappa shape index (κ2) is 39.8. The third-order valence-electron chi connectivity index (χ3n) is 8.53. The third-order valence-corrected chi connectivity index (χ3v) is 9.51. The first-order chi connectivity index (χ1) is 25.8. The van der Waals surface area contributed by atoms with Crippen LogP contribution in [-0.4, -0.2) is 61.1 Å². The summed E-state index contributed by atoms with van der Waals surface area (Å²) in [6.45, 7) is 4.62. The number of hydrogen-bond donors (Lipinski definition) is 3. The predicted molar refractivity (Wildman–Crippen MR) is 221 cm³/mol. The zero-order valence-electron chi connectivity index (χ0n) is 33.6. The van der Waals surface area contributed by atoms with E-state index in [1.807, 2.05) is 36.5 Å². The molecule has 0 aliphatic heterocycles. The summed E-state index contributed by atoms with van der Waals surface area (Å²) in [6, 6.07) is 0. The van der Waals surface area contributed by atoms with Gasteiger partial charge in [0.15, 0.2) is 0 Å². The SMILES string of the molecule is CCC=CCC=CCC(O)C=CC=CCC=CCCCC(=O)OC(COCCCCCCCCCCCCCCCCCC)COP(=O)(O)OCCN. The molecule has 0 amide bonds. The normalized spacial score (nSPS) is 14.7. The number of aliphatic hydroxyl groups is 1. The van der Waals surface area contributed by atoms with E-state index >= 15 is 0 Å². The zero-order valence-corrected chi connectivity index (χ0v) is 34.5. The minimum absolute atomic E-state index is 0.0758. The molecule has 0 spiro atoms. The molecule has 3 atom stereocenters. The van der Waals surface area contributed by atoms with Gasteiger partial charge in [-0.05, 0) is 44.9 Å². The Kier molecular flexibility index (Phi) is 38.5. The number of carbonyl (C=O) groups excluding carboxylic acids is 1. The molecule has 0 aromatic heterocycles. The number of aliphatic hydroxyl groups excluding tert-OH is 1. The summed E-state index contributed by atoms with van der Waals surface area (Å²) in [6.07, 6.45) is 44.2. The molecule has 10 heteroatoms. The Morgan fingerprint density at radius 2 is 1.26 bits per heavy atom. The van der Waals surface area contributed by atoms with Crippen molar-refractivity contribution in [3.05, 3.63) is 60.8 Å². The molecule has 53 heavy (non-hydrogen) atoms. The fourth-order valence-electron chi connectivity index (χ4n) is 5.47. The number of rotatable bonds is 39. The first kappa shape index (κ1) is 51.2. The highest BCUT2D eigenvalue weighted by molar-refractivity contribution is 7.47. The summed E-state index contributed by atoms with van der Waals surface area (Å²) < 4.78 is 33.3. The molecule has 0 aliphatic carbocycles. The highest BCUT2D eigenvalue weighted by Gasteiger charge is 2.25.